The number of amides is 2. The number of nitrogens with zero attached hydrogens (tertiary/aromatic N) is 1. The summed E-state index contributed by atoms with van der Waals surface area (Å²) in [6.07, 6.45) is 5.91. The summed E-state index contributed by atoms with van der Waals surface area (Å²) in [5.41, 5.74) is 5.02. The minimum absolute atomic E-state index is 0.0383. The first-order valence-corrected chi connectivity index (χ1v) is 7.20. The summed E-state index contributed by atoms with van der Waals surface area (Å²) in [7, 11) is 0. The van der Waals surface area contributed by atoms with Crippen LogP contribution in [0.4, 0.5) is 0 Å². The normalized spacial score (nSPS) is 10.3. The first kappa shape index (κ1) is 17.2. The van der Waals surface area contributed by atoms with E-state index >= 15 is 0 Å². The fourth-order valence-corrected chi connectivity index (χ4v) is 1.82. The molecule has 6 nitrogen and oxygen atoms in total. The molecule has 0 radical (unpaired) electrons. The fraction of sp³-hybridized carbons (Fsp3) is 0.818. The molecule has 0 bridgehead atoms. The van der Waals surface area contributed by atoms with Gasteiger partial charge >= 0.3 is 0 Å². The van der Waals surface area contributed by atoms with Gasteiger partial charge in [0.1, 0.15) is 0 Å². The smallest absolute Gasteiger partial charge is 0.223 e. The van der Waals surface area contributed by atoms with E-state index in [2.05, 4.69) is 0 Å². The Morgan fingerprint density at radius 3 is 2.17 bits per heavy atom. The van der Waals surface area contributed by atoms with Gasteiger partial charge in [-0.15, -0.1) is 0 Å². The Balaban J connectivity index is 3.29. The number of hydroxylamine groups is 2. The van der Waals surface area contributed by atoms with E-state index in [4.69, 9.17) is 10.9 Å². The molecular weight excluding hydrogens is 254 g/mol. The van der Waals surface area contributed by atoms with E-state index < -0.39 is 5.91 Å². The number of hydrogen-bond acceptors (Lipinski definition) is 5. The average molecular weight is 276 g/mol. The van der Waals surface area contributed by atoms with Crippen molar-refractivity contribution in [2.75, 3.05) is 12.3 Å². The Hall–Kier alpha value is -0.790. The Kier molecular flexibility index (Phi) is 10.8. The van der Waals surface area contributed by atoms with Gasteiger partial charge in [-0.3, -0.25) is 14.7 Å². The Morgan fingerprint density at radius 1 is 1.06 bits per heavy atom. The molecule has 0 aliphatic rings. The highest BCUT2D eigenvalue weighted by Gasteiger charge is 2.02. The van der Waals surface area contributed by atoms with Crippen molar-refractivity contribution in [2.24, 2.45) is 10.9 Å². The molecule has 0 saturated carbocycles. The van der Waals surface area contributed by atoms with Gasteiger partial charge < -0.3 is 16.0 Å². The molecule has 0 aromatic carbocycles. The van der Waals surface area contributed by atoms with E-state index in [1.54, 1.807) is 0 Å². The van der Waals surface area contributed by atoms with Gasteiger partial charge in [0.15, 0.2) is 0 Å². The molecule has 0 heterocycles. The van der Waals surface area contributed by atoms with Crippen LogP contribution in [0.2, 0.25) is 0 Å². The van der Waals surface area contributed by atoms with Crippen molar-refractivity contribution in [2.45, 2.75) is 44.9 Å². The second kappa shape index (κ2) is 11.3. The molecule has 0 aromatic rings. The highest BCUT2D eigenvalue weighted by molar-refractivity contribution is 7.97. The Morgan fingerprint density at radius 2 is 1.61 bits per heavy atom. The van der Waals surface area contributed by atoms with Crippen LogP contribution in [-0.4, -0.2) is 29.2 Å². The zero-order valence-corrected chi connectivity index (χ0v) is 11.4. The second-order valence-electron chi connectivity index (χ2n) is 4.14. The summed E-state index contributed by atoms with van der Waals surface area (Å²) < 4.78 is 0. The van der Waals surface area contributed by atoms with Crippen LogP contribution in [0, 0.1) is 5.21 Å². The van der Waals surface area contributed by atoms with Crippen molar-refractivity contribution in [3.05, 3.63) is 5.21 Å². The Bertz CT molecular complexity index is 252. The summed E-state index contributed by atoms with van der Waals surface area (Å²) in [5, 5.41) is 16.8. The van der Waals surface area contributed by atoms with Crippen molar-refractivity contribution in [1.82, 2.24) is 5.06 Å². The SMILES string of the molecule is NSCC(=O)N([O-])CCCCCCCCC(N)=O. The lowest BCUT2D eigenvalue weighted by Crippen LogP contribution is -2.28. The predicted molar refractivity (Wildman–Crippen MR) is 73.2 cm³/mol. The average Bonchev–Trinajstić information content (AvgIpc) is 2.32. The van der Waals surface area contributed by atoms with Crippen LogP contribution in [0.3, 0.4) is 0 Å². The molecule has 7 heteroatoms. The van der Waals surface area contributed by atoms with Gasteiger partial charge in [-0.2, -0.15) is 0 Å². The molecule has 0 spiro atoms. The fourth-order valence-electron chi connectivity index (χ4n) is 1.53. The number of rotatable bonds is 11. The largest absolute Gasteiger partial charge is 0.756 e. The van der Waals surface area contributed by atoms with E-state index in [0.717, 1.165) is 44.1 Å². The first-order chi connectivity index (χ1) is 8.57. The van der Waals surface area contributed by atoms with Crippen LogP contribution in [0.1, 0.15) is 44.9 Å². The maximum atomic E-state index is 11.2. The van der Waals surface area contributed by atoms with E-state index in [1.165, 1.54) is 0 Å². The van der Waals surface area contributed by atoms with Crippen LogP contribution in [-0.2, 0) is 9.59 Å². The number of carbonyl (C=O) groups excluding carboxylic acids is 2. The van der Waals surface area contributed by atoms with Gasteiger partial charge in [-0.1, -0.05) is 37.6 Å². The molecule has 0 atom stereocenters. The van der Waals surface area contributed by atoms with Crippen molar-refractivity contribution in [1.29, 1.82) is 0 Å². The summed E-state index contributed by atoms with van der Waals surface area (Å²) in [6, 6.07) is 0. The van der Waals surface area contributed by atoms with E-state index in [1.807, 2.05) is 0 Å². The van der Waals surface area contributed by atoms with Crippen molar-refractivity contribution >= 4 is 23.8 Å². The van der Waals surface area contributed by atoms with Gasteiger partial charge in [0.05, 0.1) is 5.75 Å². The lowest BCUT2D eigenvalue weighted by molar-refractivity contribution is -0.126. The molecule has 0 rings (SSSR count). The lowest BCUT2D eigenvalue weighted by Gasteiger charge is -2.27. The molecule has 0 unspecified atom stereocenters. The molecule has 0 saturated heterocycles. The minimum Gasteiger partial charge on any atom is -0.756 e. The maximum absolute atomic E-state index is 11.2. The molecule has 0 aliphatic heterocycles. The summed E-state index contributed by atoms with van der Waals surface area (Å²) in [4.78, 5) is 21.5. The van der Waals surface area contributed by atoms with E-state index in [9.17, 15) is 14.8 Å². The minimum atomic E-state index is -0.469. The van der Waals surface area contributed by atoms with Gasteiger partial charge in [-0.25, -0.2) is 0 Å². The molecule has 2 amide bonds. The topological polar surface area (TPSA) is 112 Å². The highest BCUT2D eigenvalue weighted by Crippen LogP contribution is 2.07. The zero-order valence-electron chi connectivity index (χ0n) is 10.6. The summed E-state index contributed by atoms with van der Waals surface area (Å²) >= 11 is 0.864. The third kappa shape index (κ3) is 10.4. The quantitative estimate of drug-likeness (QED) is 0.334. The van der Waals surface area contributed by atoms with Gasteiger partial charge in [0, 0.05) is 13.0 Å². The number of nitrogens with two attached hydrogens (primary N) is 2. The van der Waals surface area contributed by atoms with Crippen LogP contribution >= 0.6 is 11.9 Å². The molecule has 0 aromatic heterocycles. The van der Waals surface area contributed by atoms with Gasteiger partial charge in [0.2, 0.25) is 11.8 Å². The molecule has 4 N–H and O–H groups in total. The summed E-state index contributed by atoms with van der Waals surface area (Å²) in [6.45, 7) is 0.237. The van der Waals surface area contributed by atoms with Crippen molar-refractivity contribution in [3.8, 4) is 0 Å². The summed E-state index contributed by atoms with van der Waals surface area (Å²) in [5.74, 6) is -0.686. The predicted octanol–water partition coefficient (Wildman–Crippen LogP) is 1.14. The number of primary amides is 1. The monoisotopic (exact) mass is 276 g/mol. The number of hydrogen-bond donors (Lipinski definition) is 2. The molecular formula is C11H22N3O3S-. The van der Waals surface area contributed by atoms with Gasteiger partial charge in [0.25, 0.3) is 0 Å². The number of carbonyl (C=O) groups is 2. The third-order valence-electron chi connectivity index (χ3n) is 2.52. The van der Waals surface area contributed by atoms with Crippen molar-refractivity contribution in [3.63, 3.8) is 0 Å². The van der Waals surface area contributed by atoms with Crippen LogP contribution < -0.4 is 10.9 Å². The first-order valence-electron chi connectivity index (χ1n) is 6.15. The van der Waals surface area contributed by atoms with Gasteiger partial charge in [-0.05, 0) is 12.8 Å². The highest BCUT2D eigenvalue weighted by atomic mass is 32.2. The standard InChI is InChI=1S/C11H22N3O3S/c12-10(15)7-5-3-1-2-4-6-8-14(17)11(16)9-18-13/h1-9,13H2,(H2,12,15)/q-1. The van der Waals surface area contributed by atoms with E-state index in [0.29, 0.717) is 17.9 Å². The third-order valence-corrected chi connectivity index (χ3v) is 2.93. The molecule has 0 aliphatic carbocycles. The zero-order chi connectivity index (χ0) is 13.8. The Labute approximate surface area is 112 Å². The van der Waals surface area contributed by atoms with Crippen LogP contribution in [0.25, 0.3) is 0 Å². The second-order valence-corrected chi connectivity index (χ2v) is 4.77. The van der Waals surface area contributed by atoms with E-state index in [-0.39, 0.29) is 18.2 Å². The lowest BCUT2D eigenvalue weighted by atomic mass is 10.1. The molecule has 106 valence electrons. The maximum Gasteiger partial charge on any atom is 0.223 e. The van der Waals surface area contributed by atoms with Crippen molar-refractivity contribution < 1.29 is 9.59 Å². The molecule has 18 heavy (non-hydrogen) atoms. The van der Waals surface area contributed by atoms with Crippen LogP contribution in [0.15, 0.2) is 0 Å². The number of unbranched alkanes of at least 4 members (excludes halogenated alkanes) is 5. The molecule has 0 fully saturated rings. The van der Waals surface area contributed by atoms with Crippen LogP contribution in [0.5, 0.6) is 0 Å².